The molecule has 0 bridgehead atoms. The Kier molecular flexibility index (Phi) is 5.90. The van der Waals surface area contributed by atoms with Gasteiger partial charge < -0.3 is 9.53 Å². The average Bonchev–Trinajstić information content (AvgIpc) is 2.14. The van der Waals surface area contributed by atoms with Crippen molar-refractivity contribution in [2.75, 3.05) is 6.61 Å². The van der Waals surface area contributed by atoms with Crippen LogP contribution in [0, 0.1) is 5.41 Å². The summed E-state index contributed by atoms with van der Waals surface area (Å²) in [7, 11) is 0. The molecule has 0 aliphatic rings. The lowest BCUT2D eigenvalue weighted by molar-refractivity contribution is -0.138. The Morgan fingerprint density at radius 3 is 2.40 bits per heavy atom. The van der Waals surface area contributed by atoms with Crippen LogP contribution in [0.5, 0.6) is 0 Å². The van der Waals surface area contributed by atoms with E-state index in [1.165, 1.54) is 0 Å². The lowest BCUT2D eigenvalue weighted by Crippen LogP contribution is -2.12. The molecule has 0 saturated carbocycles. The molecule has 86 valence electrons. The SMILES string of the molecule is CCOC(=O)/C(C)=C/CC(C)(C)CC=O. The van der Waals surface area contributed by atoms with E-state index < -0.39 is 0 Å². The number of allylic oxidation sites excluding steroid dienone is 1. The van der Waals surface area contributed by atoms with Gasteiger partial charge in [-0.2, -0.15) is 0 Å². The monoisotopic (exact) mass is 212 g/mol. The van der Waals surface area contributed by atoms with Crippen LogP contribution in [-0.4, -0.2) is 18.9 Å². The first-order valence-electron chi connectivity index (χ1n) is 5.20. The Hall–Kier alpha value is -1.12. The van der Waals surface area contributed by atoms with E-state index in [1.54, 1.807) is 13.8 Å². The molecule has 0 saturated heterocycles. The Morgan fingerprint density at radius 2 is 1.93 bits per heavy atom. The number of carbonyl (C=O) groups is 2. The van der Waals surface area contributed by atoms with Crippen molar-refractivity contribution in [1.29, 1.82) is 0 Å². The molecule has 0 fully saturated rings. The molecule has 15 heavy (non-hydrogen) atoms. The molecule has 0 rings (SSSR count). The number of hydrogen-bond acceptors (Lipinski definition) is 3. The molecule has 0 aromatic heterocycles. The standard InChI is InChI=1S/C12H20O3/c1-5-15-11(14)10(2)6-7-12(3,4)8-9-13/h6,9H,5,7-8H2,1-4H3/b10-6+. The van der Waals surface area contributed by atoms with E-state index >= 15 is 0 Å². The third kappa shape index (κ3) is 6.05. The van der Waals surface area contributed by atoms with Gasteiger partial charge in [0.05, 0.1) is 6.61 Å². The van der Waals surface area contributed by atoms with E-state index in [2.05, 4.69) is 0 Å². The van der Waals surface area contributed by atoms with Gasteiger partial charge in [0.15, 0.2) is 0 Å². The molecule has 0 aliphatic heterocycles. The molecule has 0 radical (unpaired) electrons. The number of ether oxygens (including phenoxy) is 1. The molecule has 0 amide bonds. The first-order valence-corrected chi connectivity index (χ1v) is 5.20. The van der Waals surface area contributed by atoms with Gasteiger partial charge in [-0.1, -0.05) is 19.9 Å². The predicted octanol–water partition coefficient (Wildman–Crippen LogP) is 2.50. The minimum absolute atomic E-state index is 0.0878. The fraction of sp³-hybridized carbons (Fsp3) is 0.667. The molecular weight excluding hydrogens is 192 g/mol. The quantitative estimate of drug-likeness (QED) is 0.386. The molecule has 0 heterocycles. The van der Waals surface area contributed by atoms with Crippen LogP contribution < -0.4 is 0 Å². The summed E-state index contributed by atoms with van der Waals surface area (Å²) >= 11 is 0. The smallest absolute Gasteiger partial charge is 0.333 e. The number of rotatable bonds is 6. The molecule has 0 aliphatic carbocycles. The second kappa shape index (κ2) is 6.38. The first kappa shape index (κ1) is 13.9. The van der Waals surface area contributed by atoms with Crippen LogP contribution in [0.2, 0.25) is 0 Å². The zero-order chi connectivity index (χ0) is 11.9. The maximum absolute atomic E-state index is 11.3. The molecule has 0 aromatic rings. The molecule has 0 atom stereocenters. The van der Waals surface area contributed by atoms with E-state index in [0.29, 0.717) is 25.0 Å². The van der Waals surface area contributed by atoms with Crippen LogP contribution in [0.25, 0.3) is 0 Å². The average molecular weight is 212 g/mol. The highest BCUT2D eigenvalue weighted by atomic mass is 16.5. The number of aldehydes is 1. The van der Waals surface area contributed by atoms with Gasteiger partial charge in [0.25, 0.3) is 0 Å². The highest BCUT2D eigenvalue weighted by Gasteiger charge is 2.16. The summed E-state index contributed by atoms with van der Waals surface area (Å²) in [5.41, 5.74) is 0.519. The Labute approximate surface area is 91.5 Å². The van der Waals surface area contributed by atoms with Crippen LogP contribution in [0.1, 0.15) is 40.5 Å². The zero-order valence-corrected chi connectivity index (χ0v) is 10.0. The van der Waals surface area contributed by atoms with Crippen LogP contribution in [0.3, 0.4) is 0 Å². The summed E-state index contributed by atoms with van der Waals surface area (Å²) in [6.45, 7) is 7.89. The summed E-state index contributed by atoms with van der Waals surface area (Å²) in [5, 5.41) is 0. The summed E-state index contributed by atoms with van der Waals surface area (Å²) in [5.74, 6) is -0.278. The molecule has 0 spiro atoms. The minimum atomic E-state index is -0.278. The molecule has 0 N–H and O–H groups in total. The second-order valence-corrected chi connectivity index (χ2v) is 4.35. The summed E-state index contributed by atoms with van der Waals surface area (Å²) in [6, 6.07) is 0. The summed E-state index contributed by atoms with van der Waals surface area (Å²) < 4.78 is 4.85. The topological polar surface area (TPSA) is 43.4 Å². The first-order chi connectivity index (χ1) is 6.93. The van der Waals surface area contributed by atoms with E-state index in [9.17, 15) is 9.59 Å². The van der Waals surface area contributed by atoms with Gasteiger partial charge in [0.1, 0.15) is 6.29 Å². The van der Waals surface area contributed by atoms with E-state index in [-0.39, 0.29) is 11.4 Å². The van der Waals surface area contributed by atoms with Gasteiger partial charge in [-0.3, -0.25) is 0 Å². The molecule has 3 heteroatoms. The maximum Gasteiger partial charge on any atom is 0.333 e. The van der Waals surface area contributed by atoms with Crippen molar-refractivity contribution in [2.24, 2.45) is 5.41 Å². The molecule has 0 aromatic carbocycles. The fourth-order valence-corrected chi connectivity index (χ4v) is 1.07. The number of carbonyl (C=O) groups excluding carboxylic acids is 2. The second-order valence-electron chi connectivity index (χ2n) is 4.35. The largest absolute Gasteiger partial charge is 0.463 e. The van der Waals surface area contributed by atoms with Crippen molar-refractivity contribution in [1.82, 2.24) is 0 Å². The maximum atomic E-state index is 11.3. The lowest BCUT2D eigenvalue weighted by Gasteiger charge is -2.19. The predicted molar refractivity (Wildman–Crippen MR) is 59.5 cm³/mol. The number of hydrogen-bond donors (Lipinski definition) is 0. The van der Waals surface area contributed by atoms with Crippen molar-refractivity contribution >= 4 is 12.3 Å². The van der Waals surface area contributed by atoms with Gasteiger partial charge in [-0.25, -0.2) is 4.79 Å². The number of esters is 1. The Morgan fingerprint density at radius 1 is 1.33 bits per heavy atom. The van der Waals surface area contributed by atoms with Crippen molar-refractivity contribution in [3.05, 3.63) is 11.6 Å². The van der Waals surface area contributed by atoms with Gasteiger partial charge in [0, 0.05) is 12.0 Å². The van der Waals surface area contributed by atoms with Gasteiger partial charge in [-0.15, -0.1) is 0 Å². The zero-order valence-electron chi connectivity index (χ0n) is 10.0. The van der Waals surface area contributed by atoms with Crippen LogP contribution in [-0.2, 0) is 14.3 Å². The Balaban J connectivity index is 4.26. The van der Waals surface area contributed by atoms with Gasteiger partial charge in [-0.05, 0) is 25.7 Å². The van der Waals surface area contributed by atoms with Crippen molar-refractivity contribution in [2.45, 2.75) is 40.5 Å². The Bertz CT molecular complexity index is 252. The third-order valence-corrected chi connectivity index (χ3v) is 2.19. The highest BCUT2D eigenvalue weighted by Crippen LogP contribution is 2.24. The van der Waals surface area contributed by atoms with E-state index in [0.717, 1.165) is 6.29 Å². The molecular formula is C12H20O3. The molecule has 3 nitrogen and oxygen atoms in total. The lowest BCUT2D eigenvalue weighted by atomic mass is 9.86. The van der Waals surface area contributed by atoms with Gasteiger partial charge >= 0.3 is 5.97 Å². The third-order valence-electron chi connectivity index (χ3n) is 2.19. The summed E-state index contributed by atoms with van der Waals surface area (Å²) in [6.07, 6.45) is 3.95. The highest BCUT2D eigenvalue weighted by molar-refractivity contribution is 5.87. The normalized spacial score (nSPS) is 12.4. The van der Waals surface area contributed by atoms with Crippen molar-refractivity contribution in [3.8, 4) is 0 Å². The van der Waals surface area contributed by atoms with Crippen LogP contribution >= 0.6 is 0 Å². The fourth-order valence-electron chi connectivity index (χ4n) is 1.07. The minimum Gasteiger partial charge on any atom is -0.463 e. The molecule has 0 unspecified atom stereocenters. The van der Waals surface area contributed by atoms with Crippen LogP contribution in [0.4, 0.5) is 0 Å². The van der Waals surface area contributed by atoms with Crippen molar-refractivity contribution < 1.29 is 14.3 Å². The van der Waals surface area contributed by atoms with E-state index in [4.69, 9.17) is 4.74 Å². The van der Waals surface area contributed by atoms with Gasteiger partial charge in [0.2, 0.25) is 0 Å². The van der Waals surface area contributed by atoms with Crippen molar-refractivity contribution in [3.63, 3.8) is 0 Å². The van der Waals surface area contributed by atoms with Crippen LogP contribution in [0.15, 0.2) is 11.6 Å². The van der Waals surface area contributed by atoms with E-state index in [1.807, 2.05) is 19.9 Å². The summed E-state index contributed by atoms with van der Waals surface area (Å²) in [4.78, 5) is 21.6.